The molecule has 2 N–H and O–H groups in total. The number of nitrogens with two attached hydrogens (primary N) is 1. The van der Waals surface area contributed by atoms with Crippen LogP contribution < -0.4 is 10.5 Å². The Morgan fingerprint density at radius 2 is 2.00 bits per heavy atom. The molecule has 2 aromatic carbocycles. The molecule has 0 aliphatic carbocycles. The number of rotatable bonds is 5. The van der Waals surface area contributed by atoms with Gasteiger partial charge in [0.05, 0.1) is 7.11 Å². The number of hydrogen-bond donors (Lipinski definition) is 1. The zero-order valence-electron chi connectivity index (χ0n) is 12.2. The van der Waals surface area contributed by atoms with Gasteiger partial charge in [-0.2, -0.15) is 0 Å². The summed E-state index contributed by atoms with van der Waals surface area (Å²) in [6, 6.07) is 10.4. The van der Waals surface area contributed by atoms with Crippen molar-refractivity contribution >= 4 is 11.6 Å². The molecule has 0 spiro atoms. The summed E-state index contributed by atoms with van der Waals surface area (Å²) in [5.74, 6) is 0.491. The smallest absolute Gasteiger partial charge is 0.127 e. The molecule has 1 atom stereocenters. The van der Waals surface area contributed by atoms with Crippen LogP contribution in [-0.2, 0) is 12.8 Å². The SMILES string of the molecule is COc1ccc(C)cc1CC(N)Cc1c(F)cccc1Cl. The maximum Gasteiger partial charge on any atom is 0.127 e. The molecule has 0 heterocycles. The van der Waals surface area contributed by atoms with Gasteiger partial charge in [0.1, 0.15) is 11.6 Å². The van der Waals surface area contributed by atoms with Crippen LogP contribution >= 0.6 is 11.6 Å². The molecule has 0 amide bonds. The second-order valence-electron chi connectivity index (χ2n) is 5.18. The van der Waals surface area contributed by atoms with Crippen LogP contribution in [0.4, 0.5) is 4.39 Å². The van der Waals surface area contributed by atoms with Crippen molar-refractivity contribution in [2.75, 3.05) is 7.11 Å². The maximum atomic E-state index is 13.8. The van der Waals surface area contributed by atoms with Crippen LogP contribution in [0.3, 0.4) is 0 Å². The topological polar surface area (TPSA) is 35.2 Å². The van der Waals surface area contributed by atoms with Crippen LogP contribution in [0.25, 0.3) is 0 Å². The zero-order chi connectivity index (χ0) is 15.4. The summed E-state index contributed by atoms with van der Waals surface area (Å²) in [7, 11) is 1.63. The molecule has 2 rings (SSSR count). The van der Waals surface area contributed by atoms with E-state index in [9.17, 15) is 4.39 Å². The Hall–Kier alpha value is -1.58. The molecule has 0 radical (unpaired) electrons. The van der Waals surface area contributed by atoms with E-state index in [1.165, 1.54) is 6.07 Å². The minimum atomic E-state index is -0.311. The van der Waals surface area contributed by atoms with E-state index >= 15 is 0 Å². The number of aryl methyl sites for hydroxylation is 1. The maximum absolute atomic E-state index is 13.8. The van der Waals surface area contributed by atoms with E-state index < -0.39 is 0 Å². The molecule has 4 heteroatoms. The van der Waals surface area contributed by atoms with E-state index in [-0.39, 0.29) is 11.9 Å². The molecule has 112 valence electrons. The molecule has 0 saturated heterocycles. The van der Waals surface area contributed by atoms with Gasteiger partial charge in [-0.1, -0.05) is 35.4 Å². The first kappa shape index (κ1) is 15.8. The van der Waals surface area contributed by atoms with Crippen LogP contribution in [0, 0.1) is 12.7 Å². The Kier molecular flexibility index (Phi) is 5.21. The summed E-state index contributed by atoms with van der Waals surface area (Å²) in [5, 5.41) is 0.418. The van der Waals surface area contributed by atoms with E-state index in [2.05, 4.69) is 0 Å². The van der Waals surface area contributed by atoms with Crippen LogP contribution in [0.5, 0.6) is 5.75 Å². The fourth-order valence-corrected chi connectivity index (χ4v) is 2.65. The summed E-state index contributed by atoms with van der Waals surface area (Å²) in [4.78, 5) is 0. The van der Waals surface area contributed by atoms with Gasteiger partial charge in [-0.3, -0.25) is 0 Å². The second kappa shape index (κ2) is 6.92. The molecule has 0 aliphatic rings. The third-order valence-corrected chi connectivity index (χ3v) is 3.80. The van der Waals surface area contributed by atoms with E-state index in [0.717, 1.165) is 16.9 Å². The van der Waals surface area contributed by atoms with Gasteiger partial charge < -0.3 is 10.5 Å². The Bertz CT molecular complexity index is 610. The van der Waals surface area contributed by atoms with Crippen LogP contribution in [0.2, 0.25) is 5.02 Å². The predicted octanol–water partition coefficient (Wildman–Crippen LogP) is 3.91. The summed E-state index contributed by atoms with van der Waals surface area (Å²) in [6.07, 6.45) is 0.998. The molecule has 21 heavy (non-hydrogen) atoms. The highest BCUT2D eigenvalue weighted by molar-refractivity contribution is 6.31. The van der Waals surface area contributed by atoms with Crippen molar-refractivity contribution in [2.24, 2.45) is 5.73 Å². The fourth-order valence-electron chi connectivity index (χ4n) is 2.41. The van der Waals surface area contributed by atoms with Gasteiger partial charge in [0.15, 0.2) is 0 Å². The normalized spacial score (nSPS) is 12.2. The number of ether oxygens (including phenoxy) is 1. The molecule has 0 saturated carbocycles. The van der Waals surface area contributed by atoms with E-state index in [0.29, 0.717) is 23.4 Å². The lowest BCUT2D eigenvalue weighted by Gasteiger charge is -2.16. The van der Waals surface area contributed by atoms with Crippen molar-refractivity contribution in [3.05, 3.63) is 63.9 Å². The average molecular weight is 308 g/mol. The average Bonchev–Trinajstić information content (AvgIpc) is 2.43. The first-order chi connectivity index (χ1) is 10.0. The lowest BCUT2D eigenvalue weighted by Crippen LogP contribution is -2.26. The second-order valence-corrected chi connectivity index (χ2v) is 5.59. The molecule has 0 bridgehead atoms. The molecule has 2 aromatic rings. The van der Waals surface area contributed by atoms with E-state index in [1.807, 2.05) is 25.1 Å². The van der Waals surface area contributed by atoms with Gasteiger partial charge in [-0.05, 0) is 43.5 Å². The predicted molar refractivity (Wildman–Crippen MR) is 84.5 cm³/mol. The third kappa shape index (κ3) is 3.96. The van der Waals surface area contributed by atoms with Crippen molar-refractivity contribution in [2.45, 2.75) is 25.8 Å². The lowest BCUT2D eigenvalue weighted by atomic mass is 9.97. The zero-order valence-corrected chi connectivity index (χ0v) is 13.0. The van der Waals surface area contributed by atoms with Gasteiger partial charge in [0, 0.05) is 16.6 Å². The molecule has 0 aromatic heterocycles. The highest BCUT2D eigenvalue weighted by Gasteiger charge is 2.14. The van der Waals surface area contributed by atoms with Gasteiger partial charge in [0.25, 0.3) is 0 Å². The highest BCUT2D eigenvalue weighted by Crippen LogP contribution is 2.24. The largest absolute Gasteiger partial charge is 0.496 e. The monoisotopic (exact) mass is 307 g/mol. The molecule has 2 nitrogen and oxygen atoms in total. The Balaban J connectivity index is 2.15. The third-order valence-electron chi connectivity index (χ3n) is 3.45. The van der Waals surface area contributed by atoms with Crippen molar-refractivity contribution in [3.63, 3.8) is 0 Å². The minimum absolute atomic E-state index is 0.227. The first-order valence-electron chi connectivity index (χ1n) is 6.83. The van der Waals surface area contributed by atoms with Gasteiger partial charge >= 0.3 is 0 Å². The number of benzene rings is 2. The highest BCUT2D eigenvalue weighted by atomic mass is 35.5. The van der Waals surface area contributed by atoms with Gasteiger partial charge in [-0.25, -0.2) is 4.39 Å². The molecule has 0 fully saturated rings. The van der Waals surface area contributed by atoms with E-state index in [1.54, 1.807) is 19.2 Å². The summed E-state index contributed by atoms with van der Waals surface area (Å²) in [6.45, 7) is 2.02. The summed E-state index contributed by atoms with van der Waals surface area (Å²) >= 11 is 6.04. The number of halogens is 2. The van der Waals surface area contributed by atoms with Gasteiger partial charge in [0.2, 0.25) is 0 Å². The van der Waals surface area contributed by atoms with Crippen LogP contribution in [0.15, 0.2) is 36.4 Å². The van der Waals surface area contributed by atoms with Crippen molar-refractivity contribution in [1.29, 1.82) is 0 Å². The fraction of sp³-hybridized carbons (Fsp3) is 0.294. The van der Waals surface area contributed by atoms with Crippen LogP contribution in [-0.4, -0.2) is 13.2 Å². The van der Waals surface area contributed by atoms with Crippen molar-refractivity contribution < 1.29 is 9.13 Å². The van der Waals surface area contributed by atoms with Crippen LogP contribution in [0.1, 0.15) is 16.7 Å². The standard InChI is InChI=1S/C17H19ClFNO/c1-11-6-7-17(21-2)12(8-11)9-13(20)10-14-15(18)4-3-5-16(14)19/h3-8,13H,9-10,20H2,1-2H3. The number of methoxy groups -OCH3 is 1. The quantitative estimate of drug-likeness (QED) is 0.909. The number of hydrogen-bond acceptors (Lipinski definition) is 2. The Morgan fingerprint density at radius 1 is 1.24 bits per heavy atom. The summed E-state index contributed by atoms with van der Waals surface area (Å²) in [5.41, 5.74) is 8.81. The summed E-state index contributed by atoms with van der Waals surface area (Å²) < 4.78 is 19.1. The molecular weight excluding hydrogens is 289 g/mol. The Labute approximate surface area is 129 Å². The van der Waals surface area contributed by atoms with Gasteiger partial charge in [-0.15, -0.1) is 0 Å². The molecule has 0 aliphatic heterocycles. The molecule has 1 unspecified atom stereocenters. The van der Waals surface area contributed by atoms with Crippen molar-refractivity contribution in [3.8, 4) is 5.75 Å². The Morgan fingerprint density at radius 3 is 2.67 bits per heavy atom. The van der Waals surface area contributed by atoms with E-state index in [4.69, 9.17) is 22.1 Å². The molecular formula is C17H19ClFNO. The first-order valence-corrected chi connectivity index (χ1v) is 7.21. The minimum Gasteiger partial charge on any atom is -0.496 e. The van der Waals surface area contributed by atoms with Crippen molar-refractivity contribution in [1.82, 2.24) is 0 Å². The lowest BCUT2D eigenvalue weighted by molar-refractivity contribution is 0.407.